The third kappa shape index (κ3) is 3.53. The van der Waals surface area contributed by atoms with Crippen molar-refractivity contribution in [2.24, 2.45) is 0 Å². The number of amides is 4. The van der Waals surface area contributed by atoms with E-state index in [1.54, 1.807) is 6.07 Å². The van der Waals surface area contributed by atoms with Crippen LogP contribution in [-0.2, 0) is 31.6 Å². The Balaban J connectivity index is 1.46. The number of hydrogen-bond donors (Lipinski definition) is 3. The summed E-state index contributed by atoms with van der Waals surface area (Å²) in [5, 5.41) is 12.4. The highest BCUT2D eigenvalue weighted by Gasteiger charge is 2.55. The predicted molar refractivity (Wildman–Crippen MR) is 104 cm³/mol. The minimum absolute atomic E-state index is 0.0145. The van der Waals surface area contributed by atoms with Crippen LogP contribution >= 0.6 is 11.3 Å². The molecule has 3 N–H and O–H groups in total. The molecule has 1 aliphatic carbocycles. The zero-order valence-corrected chi connectivity index (χ0v) is 16.8. The van der Waals surface area contributed by atoms with Crippen LogP contribution in [-0.4, -0.2) is 54.2 Å². The van der Waals surface area contributed by atoms with Crippen LogP contribution in [0.1, 0.15) is 17.5 Å². The van der Waals surface area contributed by atoms with Crippen molar-refractivity contribution in [3.63, 3.8) is 0 Å². The number of aromatic nitrogens is 2. The molecule has 4 amide bonds. The zero-order valence-electron chi connectivity index (χ0n) is 15.1. The van der Waals surface area contributed by atoms with Gasteiger partial charge in [-0.2, -0.15) is 0 Å². The Bertz CT molecular complexity index is 1130. The second-order valence-corrected chi connectivity index (χ2v) is 9.44. The van der Waals surface area contributed by atoms with Gasteiger partial charge in [0.25, 0.3) is 5.91 Å². The summed E-state index contributed by atoms with van der Waals surface area (Å²) in [5.74, 6) is -1.13. The first-order valence-corrected chi connectivity index (χ1v) is 11.2. The number of imide groups is 1. The van der Waals surface area contributed by atoms with Crippen molar-refractivity contribution in [2.75, 3.05) is 22.8 Å². The lowest BCUT2D eigenvalue weighted by molar-refractivity contribution is -0.134. The lowest BCUT2D eigenvalue weighted by Crippen LogP contribution is -2.42. The molecule has 1 aromatic carbocycles. The van der Waals surface area contributed by atoms with Gasteiger partial charge in [-0.3, -0.25) is 24.5 Å². The largest absolute Gasteiger partial charge is 0.325 e. The second kappa shape index (κ2) is 6.77. The number of anilines is 2. The third-order valence-corrected chi connectivity index (χ3v) is 6.12. The number of benzene rings is 1. The molecule has 1 unspecified atom stereocenters. The molecule has 1 atom stereocenters. The Morgan fingerprint density at radius 3 is 2.76 bits per heavy atom. The van der Waals surface area contributed by atoms with E-state index in [9.17, 15) is 22.8 Å². The SMILES string of the molecule is CS(=O)(=O)Nc1nnc(NC(=O)CN2C(=O)NC3(CCc4ccccc43)C2=O)s1. The van der Waals surface area contributed by atoms with Gasteiger partial charge in [-0.05, 0) is 24.0 Å². The van der Waals surface area contributed by atoms with Crippen molar-refractivity contribution in [1.82, 2.24) is 20.4 Å². The van der Waals surface area contributed by atoms with Crippen LogP contribution in [0.3, 0.4) is 0 Å². The second-order valence-electron chi connectivity index (χ2n) is 6.72. The monoisotopic (exact) mass is 436 g/mol. The Hall–Kier alpha value is -3.06. The molecule has 4 rings (SSSR count). The number of carbonyl (C=O) groups is 3. The van der Waals surface area contributed by atoms with Gasteiger partial charge < -0.3 is 5.32 Å². The molecule has 1 aromatic heterocycles. The maximum atomic E-state index is 13.0. The number of fused-ring (bicyclic) bond motifs is 2. The molecule has 152 valence electrons. The standard InChI is InChI=1S/C16H16N6O5S2/c1-29(26,27)21-14-20-19-13(28-14)17-11(23)8-22-12(24)16(18-15(22)25)7-6-9-4-2-3-5-10(9)16/h2-5H,6-8H2,1H3,(H,18,25)(H,20,21)(H,17,19,23). The summed E-state index contributed by atoms with van der Waals surface area (Å²) >= 11 is 0.809. The quantitative estimate of drug-likeness (QED) is 0.568. The summed E-state index contributed by atoms with van der Waals surface area (Å²) in [7, 11) is -3.52. The molecule has 2 aromatic rings. The first kappa shape index (κ1) is 19.3. The van der Waals surface area contributed by atoms with Gasteiger partial charge in [0.05, 0.1) is 6.26 Å². The first-order chi connectivity index (χ1) is 13.7. The molecular weight excluding hydrogens is 420 g/mol. The predicted octanol–water partition coefficient (Wildman–Crippen LogP) is 0.242. The molecule has 1 spiro atoms. The Morgan fingerprint density at radius 1 is 1.28 bits per heavy atom. The molecule has 11 nitrogen and oxygen atoms in total. The Labute approximate surface area is 169 Å². The van der Waals surface area contributed by atoms with Crippen LogP contribution in [0, 0.1) is 0 Å². The summed E-state index contributed by atoms with van der Waals surface area (Å²) < 4.78 is 24.5. The molecule has 1 fully saturated rings. The van der Waals surface area contributed by atoms with Gasteiger partial charge >= 0.3 is 6.03 Å². The highest BCUT2D eigenvalue weighted by Crippen LogP contribution is 2.41. The summed E-state index contributed by atoms with van der Waals surface area (Å²) in [6.07, 6.45) is 2.05. The Morgan fingerprint density at radius 2 is 2.00 bits per heavy atom. The average Bonchev–Trinajstić information content (AvgIpc) is 3.28. The lowest BCUT2D eigenvalue weighted by Gasteiger charge is -2.22. The summed E-state index contributed by atoms with van der Waals surface area (Å²) in [5.41, 5.74) is 0.609. The molecule has 0 radical (unpaired) electrons. The molecule has 2 heterocycles. The smallest absolute Gasteiger partial charge is 0.319 e. The highest BCUT2D eigenvalue weighted by atomic mass is 32.2. The number of urea groups is 1. The van der Waals surface area contributed by atoms with Crippen LogP contribution in [0.5, 0.6) is 0 Å². The number of hydrogen-bond acceptors (Lipinski definition) is 8. The minimum Gasteiger partial charge on any atom is -0.319 e. The molecule has 0 bridgehead atoms. The molecule has 1 aliphatic heterocycles. The fourth-order valence-corrected chi connectivity index (χ4v) is 5.00. The van der Waals surface area contributed by atoms with Crippen molar-refractivity contribution in [3.8, 4) is 0 Å². The minimum atomic E-state index is -3.52. The van der Waals surface area contributed by atoms with Crippen molar-refractivity contribution in [1.29, 1.82) is 0 Å². The zero-order chi connectivity index (χ0) is 20.8. The third-order valence-electron chi connectivity index (χ3n) is 4.67. The van der Waals surface area contributed by atoms with Crippen LogP contribution in [0.25, 0.3) is 0 Å². The topological polar surface area (TPSA) is 150 Å². The maximum Gasteiger partial charge on any atom is 0.325 e. The number of nitrogens with zero attached hydrogens (tertiary/aromatic N) is 3. The fraction of sp³-hybridized carbons (Fsp3) is 0.312. The van der Waals surface area contributed by atoms with Gasteiger partial charge in [-0.1, -0.05) is 35.6 Å². The van der Waals surface area contributed by atoms with E-state index >= 15 is 0 Å². The first-order valence-electron chi connectivity index (χ1n) is 8.51. The summed E-state index contributed by atoms with van der Waals surface area (Å²) in [4.78, 5) is 38.6. The Kier molecular flexibility index (Phi) is 4.50. The van der Waals surface area contributed by atoms with Crippen molar-refractivity contribution >= 4 is 49.5 Å². The van der Waals surface area contributed by atoms with E-state index in [-0.39, 0.29) is 10.3 Å². The molecule has 2 aliphatic rings. The van der Waals surface area contributed by atoms with E-state index in [2.05, 4.69) is 25.6 Å². The van der Waals surface area contributed by atoms with Crippen LogP contribution in [0.2, 0.25) is 0 Å². The van der Waals surface area contributed by atoms with Crippen LogP contribution < -0.4 is 15.4 Å². The van der Waals surface area contributed by atoms with Crippen molar-refractivity contribution < 1.29 is 22.8 Å². The van der Waals surface area contributed by atoms with E-state index < -0.39 is 40.0 Å². The lowest BCUT2D eigenvalue weighted by atomic mass is 9.92. The molecule has 1 saturated heterocycles. The van der Waals surface area contributed by atoms with Gasteiger partial charge in [0.2, 0.25) is 26.2 Å². The molecule has 29 heavy (non-hydrogen) atoms. The number of carbonyl (C=O) groups excluding carboxylic acids is 3. The van der Waals surface area contributed by atoms with Crippen LogP contribution in [0.15, 0.2) is 24.3 Å². The van der Waals surface area contributed by atoms with E-state index in [1.165, 1.54) is 0 Å². The number of aryl methyl sites for hydroxylation is 1. The highest BCUT2D eigenvalue weighted by molar-refractivity contribution is 7.92. The van der Waals surface area contributed by atoms with Gasteiger partial charge in [0.1, 0.15) is 12.1 Å². The fourth-order valence-electron chi connectivity index (χ4n) is 3.51. The summed E-state index contributed by atoms with van der Waals surface area (Å²) in [6.45, 7) is -0.497. The normalized spacial score (nSPS) is 20.7. The summed E-state index contributed by atoms with van der Waals surface area (Å²) in [6, 6.07) is 6.76. The van der Waals surface area contributed by atoms with E-state index in [0.29, 0.717) is 12.8 Å². The molecular formula is C16H16N6O5S2. The average molecular weight is 436 g/mol. The van der Waals surface area contributed by atoms with Crippen molar-refractivity contribution in [3.05, 3.63) is 35.4 Å². The van der Waals surface area contributed by atoms with Gasteiger partial charge in [-0.25, -0.2) is 13.2 Å². The number of rotatable bonds is 5. The molecule has 13 heteroatoms. The van der Waals surface area contributed by atoms with E-state index in [4.69, 9.17) is 0 Å². The van der Waals surface area contributed by atoms with Gasteiger partial charge in [0, 0.05) is 0 Å². The maximum absolute atomic E-state index is 13.0. The van der Waals surface area contributed by atoms with Gasteiger partial charge in [-0.15, -0.1) is 10.2 Å². The number of nitrogens with one attached hydrogen (secondary N) is 3. The number of sulfonamides is 1. The van der Waals surface area contributed by atoms with Crippen molar-refractivity contribution in [2.45, 2.75) is 18.4 Å². The van der Waals surface area contributed by atoms with Crippen LogP contribution in [0.4, 0.5) is 15.1 Å². The van der Waals surface area contributed by atoms with Gasteiger partial charge in [0.15, 0.2) is 0 Å². The van der Waals surface area contributed by atoms with E-state index in [1.807, 2.05) is 18.2 Å². The molecule has 0 saturated carbocycles. The van der Waals surface area contributed by atoms with E-state index in [0.717, 1.165) is 33.6 Å².